The Labute approximate surface area is 216 Å². The molecule has 1 aromatic heterocycles. The lowest BCUT2D eigenvalue weighted by atomic mass is 9.76. The summed E-state index contributed by atoms with van der Waals surface area (Å²) in [5.74, 6) is -1.71. The lowest BCUT2D eigenvalue weighted by Crippen LogP contribution is -2.34. The zero-order valence-electron chi connectivity index (χ0n) is 20.3. The second-order valence-electron chi connectivity index (χ2n) is 8.60. The quantitative estimate of drug-likeness (QED) is 0.378. The van der Waals surface area contributed by atoms with Crippen LogP contribution in [-0.4, -0.2) is 35.1 Å². The van der Waals surface area contributed by atoms with E-state index in [2.05, 4.69) is 20.3 Å². The number of hydrogen-bond acceptors (Lipinski definition) is 7. The number of amidine groups is 1. The first-order valence-electron chi connectivity index (χ1n) is 11.5. The Kier molecular flexibility index (Phi) is 6.31. The molecule has 0 amide bonds. The van der Waals surface area contributed by atoms with E-state index in [9.17, 15) is 18.0 Å². The van der Waals surface area contributed by atoms with Crippen LogP contribution >= 0.6 is 0 Å². The molecule has 4 aromatic rings. The van der Waals surface area contributed by atoms with Crippen LogP contribution in [-0.2, 0) is 15.2 Å². The molecule has 192 valence electrons. The Balaban J connectivity index is 1.73. The van der Waals surface area contributed by atoms with Crippen LogP contribution < -0.4 is 10.2 Å². The molecule has 0 fully saturated rings. The standard InChI is InChI=1S/C28H21F3N4O3/c1-17-12-21(10-11-24(17)37-2)27(20-7-5-6-18(13-20)19-14-32-16-33-15-19)23-9-4-3-8-22(23)25(34-27)35-38-26(36)28(29,30)31/h3-16H,1-2H3,(H,34,35). The molecule has 0 aliphatic carbocycles. The second-order valence-corrected chi connectivity index (χ2v) is 8.60. The van der Waals surface area contributed by atoms with Crippen LogP contribution in [0.5, 0.6) is 5.75 Å². The van der Waals surface area contributed by atoms with Crippen molar-refractivity contribution in [3.8, 4) is 16.9 Å². The van der Waals surface area contributed by atoms with Crippen molar-refractivity contribution in [3.05, 3.63) is 113 Å². The van der Waals surface area contributed by atoms with Crippen LogP contribution in [0.4, 0.5) is 13.2 Å². The highest BCUT2D eigenvalue weighted by Gasteiger charge is 2.45. The van der Waals surface area contributed by atoms with E-state index in [1.54, 1.807) is 31.6 Å². The van der Waals surface area contributed by atoms with Crippen LogP contribution in [0.15, 0.2) is 90.4 Å². The van der Waals surface area contributed by atoms with E-state index in [1.807, 2.05) is 61.5 Å². The third-order valence-corrected chi connectivity index (χ3v) is 6.31. The summed E-state index contributed by atoms with van der Waals surface area (Å²) in [5.41, 5.74) is 6.07. The van der Waals surface area contributed by atoms with Crippen molar-refractivity contribution in [1.82, 2.24) is 15.4 Å². The molecule has 0 radical (unpaired) electrons. The first-order chi connectivity index (χ1) is 18.2. The molecule has 38 heavy (non-hydrogen) atoms. The molecule has 0 bridgehead atoms. The van der Waals surface area contributed by atoms with Crippen LogP contribution in [0.2, 0.25) is 0 Å². The second kappa shape index (κ2) is 9.62. The average Bonchev–Trinajstić information content (AvgIpc) is 3.27. The van der Waals surface area contributed by atoms with Gasteiger partial charge >= 0.3 is 12.1 Å². The minimum atomic E-state index is -5.16. The molecular formula is C28H21F3N4O3. The molecule has 7 nitrogen and oxygen atoms in total. The number of nitrogens with zero attached hydrogens (tertiary/aromatic N) is 3. The number of methoxy groups -OCH3 is 1. The summed E-state index contributed by atoms with van der Waals surface area (Å²) in [6.07, 6.45) is -0.355. The summed E-state index contributed by atoms with van der Waals surface area (Å²) >= 11 is 0. The Morgan fingerprint density at radius 2 is 1.66 bits per heavy atom. The summed E-state index contributed by atoms with van der Waals surface area (Å²) in [6, 6.07) is 20.3. The average molecular weight is 518 g/mol. The normalized spacial score (nSPS) is 16.4. The largest absolute Gasteiger partial charge is 0.496 e. The summed E-state index contributed by atoms with van der Waals surface area (Å²) in [7, 11) is 1.57. The lowest BCUT2D eigenvalue weighted by molar-refractivity contribution is -0.203. The number of alkyl halides is 3. The SMILES string of the molecule is COc1ccc(C2(c3cccc(-c4cncnc4)c3)N=C(NOC(=O)C(F)(F)F)c3ccccc32)cc1C. The number of fused-ring (bicyclic) bond motifs is 1. The molecule has 1 atom stereocenters. The topological polar surface area (TPSA) is 85.7 Å². The molecule has 0 saturated carbocycles. The van der Waals surface area contributed by atoms with Gasteiger partial charge in [0.05, 0.1) is 7.11 Å². The fraction of sp³-hybridized carbons (Fsp3) is 0.143. The van der Waals surface area contributed by atoms with Gasteiger partial charge < -0.3 is 9.57 Å². The molecule has 5 rings (SSSR count). The smallest absolute Gasteiger partial charge is 0.493 e. The monoisotopic (exact) mass is 518 g/mol. The van der Waals surface area contributed by atoms with Crippen LogP contribution in [0.25, 0.3) is 11.1 Å². The van der Waals surface area contributed by atoms with E-state index < -0.39 is 17.7 Å². The van der Waals surface area contributed by atoms with Crippen molar-refractivity contribution in [2.24, 2.45) is 4.99 Å². The van der Waals surface area contributed by atoms with Gasteiger partial charge in [0.2, 0.25) is 0 Å². The Morgan fingerprint density at radius 1 is 0.921 bits per heavy atom. The van der Waals surface area contributed by atoms with Gasteiger partial charge in [-0.3, -0.25) is 0 Å². The van der Waals surface area contributed by atoms with Gasteiger partial charge in [-0.25, -0.2) is 19.8 Å². The van der Waals surface area contributed by atoms with Gasteiger partial charge in [0.25, 0.3) is 0 Å². The van der Waals surface area contributed by atoms with Crippen molar-refractivity contribution in [1.29, 1.82) is 0 Å². The fourth-order valence-corrected chi connectivity index (χ4v) is 4.61. The molecular weight excluding hydrogens is 497 g/mol. The fourth-order valence-electron chi connectivity index (χ4n) is 4.61. The maximum atomic E-state index is 12.8. The predicted molar refractivity (Wildman–Crippen MR) is 133 cm³/mol. The Morgan fingerprint density at radius 3 is 2.37 bits per heavy atom. The van der Waals surface area contributed by atoms with E-state index >= 15 is 0 Å². The van der Waals surface area contributed by atoms with Gasteiger partial charge in [-0.1, -0.05) is 48.5 Å². The molecule has 0 saturated heterocycles. The van der Waals surface area contributed by atoms with E-state index in [0.717, 1.165) is 27.8 Å². The predicted octanol–water partition coefficient (Wildman–Crippen LogP) is 5.12. The number of nitrogens with one attached hydrogen (secondary N) is 1. The number of aliphatic imine (C=N–C) groups is 1. The van der Waals surface area contributed by atoms with Gasteiger partial charge in [-0.2, -0.15) is 18.7 Å². The number of carbonyl (C=O) groups excluding carboxylic acids is 1. The summed E-state index contributed by atoms with van der Waals surface area (Å²) in [6.45, 7) is 1.89. The van der Waals surface area contributed by atoms with Gasteiger partial charge in [-0.05, 0) is 52.9 Å². The number of hydroxylamine groups is 1. The van der Waals surface area contributed by atoms with Crippen LogP contribution in [0, 0.1) is 6.92 Å². The molecule has 1 unspecified atom stereocenters. The van der Waals surface area contributed by atoms with Crippen molar-refractivity contribution >= 4 is 11.8 Å². The van der Waals surface area contributed by atoms with Crippen molar-refractivity contribution in [3.63, 3.8) is 0 Å². The number of benzene rings is 3. The van der Waals surface area contributed by atoms with Crippen LogP contribution in [0.3, 0.4) is 0 Å². The van der Waals surface area contributed by atoms with Crippen molar-refractivity contribution in [2.75, 3.05) is 7.11 Å². The minimum Gasteiger partial charge on any atom is -0.496 e. The first-order valence-corrected chi connectivity index (χ1v) is 11.5. The molecule has 1 aliphatic rings. The number of aromatic nitrogens is 2. The molecule has 1 aliphatic heterocycles. The number of aryl methyl sites for hydroxylation is 1. The molecule has 3 aromatic carbocycles. The van der Waals surface area contributed by atoms with Gasteiger partial charge in [0, 0.05) is 23.5 Å². The zero-order valence-corrected chi connectivity index (χ0v) is 20.3. The number of rotatable bonds is 4. The Bertz CT molecular complexity index is 1540. The third-order valence-electron chi connectivity index (χ3n) is 6.31. The van der Waals surface area contributed by atoms with Crippen molar-refractivity contribution < 1.29 is 27.5 Å². The minimum absolute atomic E-state index is 0.0138. The van der Waals surface area contributed by atoms with Crippen molar-refractivity contribution in [2.45, 2.75) is 18.6 Å². The van der Waals surface area contributed by atoms with Gasteiger partial charge in [0.1, 0.15) is 17.6 Å². The molecule has 10 heteroatoms. The van der Waals surface area contributed by atoms with E-state index in [1.165, 1.54) is 6.33 Å². The summed E-state index contributed by atoms with van der Waals surface area (Å²) < 4.78 is 44.0. The molecule has 0 spiro atoms. The van der Waals surface area contributed by atoms with E-state index in [0.29, 0.717) is 16.9 Å². The van der Waals surface area contributed by atoms with Gasteiger partial charge in [0.15, 0.2) is 5.84 Å². The zero-order chi connectivity index (χ0) is 26.9. The molecule has 2 heterocycles. The number of carbonyl (C=O) groups is 1. The Hall–Kier alpha value is -4.73. The number of hydrogen-bond donors (Lipinski definition) is 1. The first kappa shape index (κ1) is 24.9. The van der Waals surface area contributed by atoms with Crippen LogP contribution in [0.1, 0.15) is 27.8 Å². The summed E-state index contributed by atoms with van der Waals surface area (Å²) in [5, 5.41) is 0. The van der Waals surface area contributed by atoms with E-state index in [-0.39, 0.29) is 5.84 Å². The maximum absolute atomic E-state index is 12.8. The lowest BCUT2D eigenvalue weighted by Gasteiger charge is -2.30. The molecule has 1 N–H and O–H groups in total. The highest BCUT2D eigenvalue weighted by molar-refractivity contribution is 6.04. The van der Waals surface area contributed by atoms with E-state index in [4.69, 9.17) is 9.73 Å². The van der Waals surface area contributed by atoms with Gasteiger partial charge in [-0.15, -0.1) is 0 Å². The summed E-state index contributed by atoms with van der Waals surface area (Å²) in [4.78, 5) is 28.9. The number of ether oxygens (including phenoxy) is 1. The number of halogens is 3. The highest BCUT2D eigenvalue weighted by atomic mass is 19.4. The highest BCUT2D eigenvalue weighted by Crippen LogP contribution is 2.47. The maximum Gasteiger partial charge on any atom is 0.493 e. The third kappa shape index (κ3) is 4.34.